The fourth-order valence-corrected chi connectivity index (χ4v) is 3.63. The van der Waals surface area contributed by atoms with Gasteiger partial charge in [-0.05, 0) is 18.2 Å². The zero-order valence-electron chi connectivity index (χ0n) is 13.4. The van der Waals surface area contributed by atoms with Crippen LogP contribution in [-0.4, -0.2) is 42.4 Å². The molecule has 26 heavy (non-hydrogen) atoms. The number of nitrogen functional groups attached to an aromatic ring is 1. The summed E-state index contributed by atoms with van der Waals surface area (Å²) in [5.41, 5.74) is 5.95. The van der Waals surface area contributed by atoms with Gasteiger partial charge in [0.05, 0.1) is 4.90 Å². The Morgan fingerprint density at radius 1 is 1.19 bits per heavy atom. The molecule has 0 spiro atoms. The first kappa shape index (κ1) is 21.9. The summed E-state index contributed by atoms with van der Waals surface area (Å²) in [6.07, 6.45) is 0. The quantitative estimate of drug-likeness (QED) is 0.144. The smallest absolute Gasteiger partial charge is 0.294 e. The van der Waals surface area contributed by atoms with E-state index >= 15 is 0 Å². The van der Waals surface area contributed by atoms with Gasteiger partial charge in [0, 0.05) is 5.69 Å². The molecule has 0 saturated heterocycles. The van der Waals surface area contributed by atoms with E-state index in [1.165, 1.54) is 49.4 Å². The number of carbonyl (C=O) groups excluding carboxylic acids is 1. The predicted molar refractivity (Wildman–Crippen MR) is 93.4 cm³/mol. The fourth-order valence-electron chi connectivity index (χ4n) is 1.68. The molecule has 6 N–H and O–H groups in total. The summed E-state index contributed by atoms with van der Waals surface area (Å²) < 4.78 is 53.4. The van der Waals surface area contributed by atoms with E-state index in [1.54, 1.807) is 6.07 Å². The second kappa shape index (κ2) is 8.99. The van der Waals surface area contributed by atoms with Crippen molar-refractivity contribution in [2.75, 3.05) is 11.1 Å². The average molecular weight is 448 g/mol. The Labute approximate surface area is 152 Å². The van der Waals surface area contributed by atoms with Gasteiger partial charge in [0.1, 0.15) is 0 Å². The van der Waals surface area contributed by atoms with Crippen LogP contribution in [0, 0.1) is 0 Å². The van der Waals surface area contributed by atoms with E-state index in [2.05, 4.69) is 9.19 Å². The zero-order valence-corrected chi connectivity index (χ0v) is 16.1. The minimum Gasteiger partial charge on any atom is -0.399 e. The summed E-state index contributed by atoms with van der Waals surface area (Å²) in [4.78, 5) is 10.5. The normalized spacial score (nSPS) is 13.1. The van der Waals surface area contributed by atoms with Gasteiger partial charge < -0.3 is 5.73 Å². The molecule has 1 atom stereocenters. The van der Waals surface area contributed by atoms with E-state index in [4.69, 9.17) is 15.5 Å². The SMILES string of the molecule is CC(=O)Nc1cccc([As](=O)(O)OO)c1.Nc1cccc(S(=O)(=O)O)c1. The number of anilines is 2. The van der Waals surface area contributed by atoms with Crippen molar-refractivity contribution in [1.82, 2.24) is 0 Å². The van der Waals surface area contributed by atoms with Gasteiger partial charge in [-0.3, -0.25) is 4.55 Å². The Balaban J connectivity index is 0.000000273. The molecule has 10 nitrogen and oxygen atoms in total. The molecule has 2 aromatic rings. The minimum absolute atomic E-state index is 0.0399. The van der Waals surface area contributed by atoms with E-state index < -0.39 is 24.3 Å². The van der Waals surface area contributed by atoms with Gasteiger partial charge in [-0.25, -0.2) is 0 Å². The number of benzene rings is 2. The van der Waals surface area contributed by atoms with Gasteiger partial charge in [0.25, 0.3) is 10.1 Å². The number of hydrogen-bond donors (Lipinski definition) is 5. The van der Waals surface area contributed by atoms with Crippen molar-refractivity contribution in [3.8, 4) is 0 Å². The molecule has 12 heteroatoms. The Morgan fingerprint density at radius 2 is 1.81 bits per heavy atom. The van der Waals surface area contributed by atoms with E-state index in [0.717, 1.165) is 0 Å². The Bertz CT molecular complexity index is 932. The van der Waals surface area contributed by atoms with Crippen molar-refractivity contribution >= 4 is 45.9 Å². The number of carbonyl (C=O) groups is 1. The summed E-state index contributed by atoms with van der Waals surface area (Å²) in [7, 11) is -4.11. The van der Waals surface area contributed by atoms with E-state index in [1.807, 2.05) is 0 Å². The first-order valence-electron chi connectivity index (χ1n) is 6.83. The van der Waals surface area contributed by atoms with Crippen LogP contribution in [0.2, 0.25) is 0 Å². The van der Waals surface area contributed by atoms with Crippen molar-refractivity contribution in [2.45, 2.75) is 11.8 Å². The molecule has 0 aromatic heterocycles. The first-order valence-corrected chi connectivity index (χ1v) is 11.6. The molecular weight excluding hydrogens is 431 g/mol. The molecule has 0 saturated carbocycles. The molecule has 0 bridgehead atoms. The number of hydrogen-bond acceptors (Lipinski definition) is 7. The second-order valence-electron chi connectivity index (χ2n) is 4.88. The van der Waals surface area contributed by atoms with Gasteiger partial charge in [-0.1, -0.05) is 6.07 Å². The van der Waals surface area contributed by atoms with Crippen molar-refractivity contribution in [3.63, 3.8) is 0 Å². The molecule has 0 radical (unpaired) electrons. The monoisotopic (exact) mass is 448 g/mol. The van der Waals surface area contributed by atoms with Gasteiger partial charge in [-0.15, -0.1) is 0 Å². The molecule has 2 rings (SSSR count). The predicted octanol–water partition coefficient (Wildman–Crippen LogP) is 0.219. The molecule has 0 fully saturated rings. The summed E-state index contributed by atoms with van der Waals surface area (Å²) in [6.45, 7) is 1.32. The zero-order chi connectivity index (χ0) is 20.0. The molecule has 0 aliphatic carbocycles. The molecule has 0 aliphatic rings. The fraction of sp³-hybridized carbons (Fsp3) is 0.0714. The summed E-state index contributed by atoms with van der Waals surface area (Å²) in [5, 5.41) is 10.7. The minimum atomic E-state index is -4.83. The van der Waals surface area contributed by atoms with Crippen LogP contribution in [0.4, 0.5) is 11.4 Å². The van der Waals surface area contributed by atoms with Gasteiger partial charge in [-0.2, -0.15) is 8.42 Å². The van der Waals surface area contributed by atoms with Gasteiger partial charge in [0.15, 0.2) is 0 Å². The van der Waals surface area contributed by atoms with Crippen LogP contribution >= 0.6 is 0 Å². The number of amides is 1. The largest absolute Gasteiger partial charge is 0.399 e. The topological polar surface area (TPSA) is 176 Å². The van der Waals surface area contributed by atoms with E-state index in [9.17, 15) is 21.0 Å². The molecule has 0 heterocycles. The van der Waals surface area contributed by atoms with Crippen LogP contribution in [0.3, 0.4) is 0 Å². The van der Waals surface area contributed by atoms with E-state index in [0.29, 0.717) is 11.4 Å². The third-order valence-corrected chi connectivity index (χ3v) is 6.03. The maximum atomic E-state index is 11.3. The van der Waals surface area contributed by atoms with Crippen LogP contribution in [0.5, 0.6) is 0 Å². The third kappa shape index (κ3) is 7.00. The van der Waals surface area contributed by atoms with Crippen LogP contribution in [0.1, 0.15) is 6.92 Å². The molecular formula is C14H17AsN2O8S. The Hall–Kier alpha value is -2.14. The van der Waals surface area contributed by atoms with Gasteiger partial charge in [0.2, 0.25) is 0 Å². The van der Waals surface area contributed by atoms with Crippen LogP contribution in [0.25, 0.3) is 0 Å². The first-order chi connectivity index (χ1) is 12.0. The summed E-state index contributed by atoms with van der Waals surface area (Å²) in [5.74, 6) is -0.294. The van der Waals surface area contributed by atoms with Gasteiger partial charge >= 0.3 is 88.4 Å². The van der Waals surface area contributed by atoms with Crippen molar-refractivity contribution < 1.29 is 34.7 Å². The molecule has 1 amide bonds. The number of rotatable bonds is 4. The number of nitrogens with two attached hydrogens (primary N) is 1. The van der Waals surface area contributed by atoms with Crippen LogP contribution in [0.15, 0.2) is 53.4 Å². The summed E-state index contributed by atoms with van der Waals surface area (Å²) in [6, 6.07) is 11.1. The van der Waals surface area contributed by atoms with Crippen molar-refractivity contribution in [1.29, 1.82) is 0 Å². The van der Waals surface area contributed by atoms with Crippen molar-refractivity contribution in [3.05, 3.63) is 48.5 Å². The molecule has 142 valence electrons. The second-order valence-corrected chi connectivity index (χ2v) is 9.91. The maximum Gasteiger partial charge on any atom is 0.294 e. The van der Waals surface area contributed by atoms with E-state index in [-0.39, 0.29) is 15.2 Å². The standard InChI is InChI=1S/C8H10AsNO5.C6H7NO3S/c1-6(11)10-8-4-2-3-7(5-8)9(12,13)15-14;7-5-2-1-3-6(4-5)11(8,9)10/h2-5,14H,1H3,(H,10,11)(H,12,13);1-4H,7H2,(H,8,9,10). The maximum absolute atomic E-state index is 11.3. The Morgan fingerprint density at radius 3 is 2.27 bits per heavy atom. The van der Waals surface area contributed by atoms with Crippen LogP contribution < -0.4 is 15.4 Å². The average Bonchev–Trinajstić information content (AvgIpc) is 2.54. The molecule has 1 unspecified atom stereocenters. The Kier molecular flexibility index (Phi) is 7.57. The van der Waals surface area contributed by atoms with Crippen LogP contribution in [-0.2, 0) is 22.5 Å². The van der Waals surface area contributed by atoms with Crippen molar-refractivity contribution in [2.24, 2.45) is 0 Å². The summed E-state index contributed by atoms with van der Waals surface area (Å²) >= 11 is -4.83. The number of nitrogens with one attached hydrogen (secondary N) is 1. The molecule has 0 aliphatic heterocycles. The third-order valence-electron chi connectivity index (χ3n) is 2.76. The molecule has 2 aromatic carbocycles.